The van der Waals surface area contributed by atoms with Crippen LogP contribution in [0.5, 0.6) is 0 Å². The standard InChI is InChI=1S/C25H23N5OS/c1-29-14-10-20-15-18(5-7-22(20)29)4-6-21-17-32-25(27-21)28-24(31)23-3-2-13-30(23)16-19-8-11-26-12-9-19/h2-3,5,7-15,17H,4,6,16H2,1H3,(H,27,28,31). The van der Waals surface area contributed by atoms with Crippen molar-refractivity contribution >= 4 is 33.3 Å². The van der Waals surface area contributed by atoms with Gasteiger partial charge in [0, 0.05) is 49.3 Å². The van der Waals surface area contributed by atoms with E-state index in [0.29, 0.717) is 17.4 Å². The monoisotopic (exact) mass is 441 g/mol. The highest BCUT2D eigenvalue weighted by atomic mass is 32.1. The number of pyridine rings is 1. The Balaban J connectivity index is 1.21. The van der Waals surface area contributed by atoms with Crippen molar-refractivity contribution < 1.29 is 4.79 Å². The van der Waals surface area contributed by atoms with Crippen LogP contribution in [0.4, 0.5) is 5.13 Å². The molecule has 0 bridgehead atoms. The van der Waals surface area contributed by atoms with Crippen molar-refractivity contribution in [2.24, 2.45) is 7.05 Å². The van der Waals surface area contributed by atoms with Gasteiger partial charge >= 0.3 is 0 Å². The highest BCUT2D eigenvalue weighted by molar-refractivity contribution is 7.14. The number of amides is 1. The molecule has 5 aromatic rings. The minimum absolute atomic E-state index is 0.153. The van der Waals surface area contributed by atoms with Gasteiger partial charge in [-0.2, -0.15) is 0 Å². The summed E-state index contributed by atoms with van der Waals surface area (Å²) in [5.41, 5.74) is 5.22. The van der Waals surface area contributed by atoms with E-state index in [1.807, 2.05) is 40.4 Å². The average molecular weight is 442 g/mol. The molecule has 0 atom stereocenters. The minimum atomic E-state index is -0.153. The van der Waals surface area contributed by atoms with Crippen LogP contribution in [-0.2, 0) is 26.4 Å². The lowest BCUT2D eigenvalue weighted by molar-refractivity contribution is 0.101. The molecule has 1 aromatic carbocycles. The largest absolute Gasteiger partial charge is 0.351 e. The first-order valence-electron chi connectivity index (χ1n) is 10.5. The summed E-state index contributed by atoms with van der Waals surface area (Å²) >= 11 is 1.46. The molecular weight excluding hydrogens is 418 g/mol. The Morgan fingerprint density at radius 1 is 1.03 bits per heavy atom. The molecular formula is C25H23N5OS. The zero-order valence-electron chi connectivity index (χ0n) is 17.7. The number of hydrogen-bond donors (Lipinski definition) is 1. The molecule has 0 aliphatic rings. The number of anilines is 1. The van der Waals surface area contributed by atoms with Crippen LogP contribution < -0.4 is 5.32 Å². The van der Waals surface area contributed by atoms with Gasteiger partial charge in [0.2, 0.25) is 0 Å². The van der Waals surface area contributed by atoms with Gasteiger partial charge in [-0.05, 0) is 71.8 Å². The second-order valence-electron chi connectivity index (χ2n) is 7.79. The molecule has 0 fully saturated rings. The molecule has 7 heteroatoms. The summed E-state index contributed by atoms with van der Waals surface area (Å²) in [4.78, 5) is 21.5. The van der Waals surface area contributed by atoms with Gasteiger partial charge in [-0.15, -0.1) is 11.3 Å². The molecule has 0 aliphatic carbocycles. The molecule has 0 aliphatic heterocycles. The smallest absolute Gasteiger partial charge is 0.274 e. The molecule has 4 aromatic heterocycles. The van der Waals surface area contributed by atoms with Crippen LogP contribution in [0, 0.1) is 0 Å². The number of aryl methyl sites for hydroxylation is 3. The van der Waals surface area contributed by atoms with E-state index in [2.05, 4.69) is 57.4 Å². The maximum Gasteiger partial charge on any atom is 0.274 e. The van der Waals surface area contributed by atoms with E-state index in [1.165, 1.54) is 27.8 Å². The van der Waals surface area contributed by atoms with Gasteiger partial charge in [0.25, 0.3) is 5.91 Å². The van der Waals surface area contributed by atoms with Crippen LogP contribution >= 0.6 is 11.3 Å². The summed E-state index contributed by atoms with van der Waals surface area (Å²) in [6, 6.07) is 16.3. The third kappa shape index (κ3) is 4.33. The van der Waals surface area contributed by atoms with Crippen LogP contribution in [0.2, 0.25) is 0 Å². The molecule has 1 amide bonds. The van der Waals surface area contributed by atoms with Gasteiger partial charge in [-0.1, -0.05) is 6.07 Å². The third-order valence-corrected chi connectivity index (χ3v) is 6.36. The Labute approximate surface area is 190 Å². The van der Waals surface area contributed by atoms with E-state index in [4.69, 9.17) is 0 Å². The minimum Gasteiger partial charge on any atom is -0.351 e. The fourth-order valence-corrected chi connectivity index (χ4v) is 4.58. The molecule has 5 rings (SSSR count). The summed E-state index contributed by atoms with van der Waals surface area (Å²) in [5, 5.41) is 6.85. The highest BCUT2D eigenvalue weighted by Gasteiger charge is 2.13. The fourth-order valence-electron chi connectivity index (χ4n) is 3.84. The summed E-state index contributed by atoms with van der Waals surface area (Å²) < 4.78 is 4.06. The Hall–Kier alpha value is -3.71. The van der Waals surface area contributed by atoms with Crippen LogP contribution in [-0.4, -0.2) is 25.0 Å². The van der Waals surface area contributed by atoms with Crippen LogP contribution in [0.15, 0.2) is 78.7 Å². The Bertz CT molecular complexity index is 1370. The zero-order chi connectivity index (χ0) is 21.9. The molecule has 0 spiro atoms. The van der Waals surface area contributed by atoms with E-state index in [9.17, 15) is 4.79 Å². The summed E-state index contributed by atoms with van der Waals surface area (Å²) in [6.45, 7) is 0.618. The third-order valence-electron chi connectivity index (χ3n) is 5.56. The first-order chi connectivity index (χ1) is 15.7. The maximum atomic E-state index is 12.8. The lowest BCUT2D eigenvalue weighted by atomic mass is 10.1. The normalized spacial score (nSPS) is 11.2. The second-order valence-corrected chi connectivity index (χ2v) is 8.65. The van der Waals surface area contributed by atoms with Crippen LogP contribution in [0.25, 0.3) is 10.9 Å². The number of benzene rings is 1. The SMILES string of the molecule is Cn1ccc2cc(CCc3csc(NC(=O)c4cccn4Cc4ccncc4)n3)ccc21. The number of carbonyl (C=O) groups is 1. The van der Waals surface area contributed by atoms with Crippen molar-refractivity contribution in [3.63, 3.8) is 0 Å². The number of carbonyl (C=O) groups excluding carboxylic acids is 1. The van der Waals surface area contributed by atoms with Gasteiger partial charge in [0.05, 0.1) is 5.69 Å². The van der Waals surface area contributed by atoms with Crippen molar-refractivity contribution in [2.75, 3.05) is 5.32 Å². The zero-order valence-corrected chi connectivity index (χ0v) is 18.5. The summed E-state index contributed by atoms with van der Waals surface area (Å²) in [7, 11) is 2.06. The quantitative estimate of drug-likeness (QED) is 0.390. The molecule has 0 unspecified atom stereocenters. The van der Waals surface area contributed by atoms with E-state index in [-0.39, 0.29) is 5.91 Å². The van der Waals surface area contributed by atoms with Crippen molar-refractivity contribution in [2.45, 2.75) is 19.4 Å². The predicted octanol–water partition coefficient (Wildman–Crippen LogP) is 4.92. The molecule has 0 saturated carbocycles. The highest BCUT2D eigenvalue weighted by Crippen LogP contribution is 2.21. The topological polar surface area (TPSA) is 64.7 Å². The molecule has 6 nitrogen and oxygen atoms in total. The van der Waals surface area contributed by atoms with Crippen molar-refractivity contribution in [3.05, 3.63) is 101 Å². The lowest BCUT2D eigenvalue weighted by Crippen LogP contribution is -2.17. The molecule has 160 valence electrons. The molecule has 32 heavy (non-hydrogen) atoms. The van der Waals surface area contributed by atoms with E-state index in [1.54, 1.807) is 12.4 Å². The number of fused-ring (bicyclic) bond motifs is 1. The summed E-state index contributed by atoms with van der Waals surface area (Å²) in [5.74, 6) is -0.153. The van der Waals surface area contributed by atoms with Gasteiger partial charge in [0.1, 0.15) is 5.69 Å². The van der Waals surface area contributed by atoms with Gasteiger partial charge < -0.3 is 9.13 Å². The maximum absolute atomic E-state index is 12.8. The van der Waals surface area contributed by atoms with E-state index < -0.39 is 0 Å². The first-order valence-corrected chi connectivity index (χ1v) is 11.4. The molecule has 0 saturated heterocycles. The number of thiazole rings is 1. The molecule has 1 N–H and O–H groups in total. The molecule has 4 heterocycles. The van der Waals surface area contributed by atoms with Crippen molar-refractivity contribution in [1.82, 2.24) is 19.1 Å². The van der Waals surface area contributed by atoms with Gasteiger partial charge in [0.15, 0.2) is 5.13 Å². The average Bonchev–Trinajstić information content (AvgIpc) is 3.54. The Kier molecular flexibility index (Phi) is 5.56. The number of hydrogen-bond acceptors (Lipinski definition) is 4. The van der Waals surface area contributed by atoms with Gasteiger partial charge in [-0.3, -0.25) is 15.1 Å². The van der Waals surface area contributed by atoms with Crippen molar-refractivity contribution in [3.8, 4) is 0 Å². The Morgan fingerprint density at radius 3 is 2.78 bits per heavy atom. The van der Waals surface area contributed by atoms with E-state index in [0.717, 1.165) is 24.1 Å². The van der Waals surface area contributed by atoms with Crippen LogP contribution in [0.3, 0.4) is 0 Å². The predicted molar refractivity (Wildman–Crippen MR) is 128 cm³/mol. The number of nitrogens with zero attached hydrogens (tertiary/aromatic N) is 4. The molecule has 0 radical (unpaired) electrons. The van der Waals surface area contributed by atoms with Crippen molar-refractivity contribution in [1.29, 1.82) is 0 Å². The number of rotatable bonds is 7. The van der Waals surface area contributed by atoms with Crippen LogP contribution in [0.1, 0.15) is 27.3 Å². The number of nitrogens with one attached hydrogen (secondary N) is 1. The second kappa shape index (κ2) is 8.80. The van der Waals surface area contributed by atoms with Gasteiger partial charge in [-0.25, -0.2) is 4.98 Å². The number of aromatic nitrogens is 4. The Morgan fingerprint density at radius 2 is 1.91 bits per heavy atom. The summed E-state index contributed by atoms with van der Waals surface area (Å²) in [6.07, 6.45) is 9.25. The first kappa shape index (κ1) is 20.2. The lowest BCUT2D eigenvalue weighted by Gasteiger charge is -2.08. The fraction of sp³-hybridized carbons (Fsp3) is 0.160. The van der Waals surface area contributed by atoms with E-state index >= 15 is 0 Å².